The van der Waals surface area contributed by atoms with Crippen molar-refractivity contribution in [3.63, 3.8) is 0 Å². The summed E-state index contributed by atoms with van der Waals surface area (Å²) < 4.78 is 29.5. The number of aromatic nitrogens is 1. The number of amides is 1. The number of carbonyl (C=O) groups excluding carboxylic acids is 1. The molecule has 8 heteroatoms. The number of aryl methyl sites for hydroxylation is 1. The number of hydrogen-bond donors (Lipinski definition) is 0. The van der Waals surface area contributed by atoms with Crippen molar-refractivity contribution in [2.24, 2.45) is 0 Å². The number of fused-ring (bicyclic) bond motifs is 2. The molecule has 0 spiro atoms. The van der Waals surface area contributed by atoms with Crippen LogP contribution >= 0.6 is 11.3 Å². The van der Waals surface area contributed by atoms with Gasteiger partial charge in [0, 0.05) is 28.5 Å². The predicted molar refractivity (Wildman–Crippen MR) is 148 cm³/mol. The van der Waals surface area contributed by atoms with E-state index in [9.17, 15) is 13.2 Å². The zero-order valence-corrected chi connectivity index (χ0v) is 23.1. The van der Waals surface area contributed by atoms with Crippen LogP contribution in [0.1, 0.15) is 48.4 Å². The second-order valence-corrected chi connectivity index (χ2v) is 13.3. The first kappa shape index (κ1) is 25.6. The Bertz CT molecular complexity index is 1550. The maximum absolute atomic E-state index is 14.1. The van der Waals surface area contributed by atoms with Gasteiger partial charge in [0.05, 0.1) is 18.1 Å². The largest absolute Gasteiger partial charge is 0.330 e. The Labute approximate surface area is 222 Å². The van der Waals surface area contributed by atoms with Gasteiger partial charge in [-0.2, -0.15) is 4.31 Å². The van der Waals surface area contributed by atoms with Crippen molar-refractivity contribution >= 4 is 38.2 Å². The van der Waals surface area contributed by atoms with Crippen molar-refractivity contribution in [2.45, 2.75) is 50.6 Å². The van der Waals surface area contributed by atoms with E-state index >= 15 is 0 Å². The molecule has 2 aromatic carbocycles. The van der Waals surface area contributed by atoms with Crippen LogP contribution in [0.5, 0.6) is 0 Å². The fourth-order valence-corrected chi connectivity index (χ4v) is 7.80. The van der Waals surface area contributed by atoms with Crippen LogP contribution in [0.2, 0.25) is 0 Å². The normalized spacial score (nSPS) is 16.2. The van der Waals surface area contributed by atoms with Gasteiger partial charge in [0.2, 0.25) is 15.9 Å². The Morgan fingerprint density at radius 2 is 1.81 bits per heavy atom. The van der Waals surface area contributed by atoms with Crippen LogP contribution in [0.4, 0.5) is 0 Å². The molecule has 5 rings (SSSR count). The monoisotopic (exact) mass is 533 g/mol. The number of sulfonamides is 1. The van der Waals surface area contributed by atoms with E-state index in [0.717, 1.165) is 28.5 Å². The van der Waals surface area contributed by atoms with Crippen LogP contribution in [0.3, 0.4) is 0 Å². The van der Waals surface area contributed by atoms with E-state index in [2.05, 4.69) is 40.7 Å². The molecular formula is C29H31N3O3S2. The molecule has 0 N–H and O–H groups in total. The molecule has 192 valence electrons. The fourth-order valence-electron chi connectivity index (χ4n) is 4.99. The van der Waals surface area contributed by atoms with Crippen LogP contribution < -0.4 is 0 Å². The fraction of sp³-hybridized carbons (Fsp3) is 0.310. The molecule has 6 nitrogen and oxygen atoms in total. The number of pyridine rings is 1. The summed E-state index contributed by atoms with van der Waals surface area (Å²) >= 11 is 1.71. The molecule has 0 radical (unpaired) electrons. The number of hydrogen-bond acceptors (Lipinski definition) is 5. The van der Waals surface area contributed by atoms with Crippen molar-refractivity contribution in [1.29, 1.82) is 0 Å². The highest BCUT2D eigenvalue weighted by Crippen LogP contribution is 2.38. The highest BCUT2D eigenvalue weighted by atomic mass is 32.2. The molecule has 0 saturated carbocycles. The van der Waals surface area contributed by atoms with E-state index in [0.29, 0.717) is 12.1 Å². The SMILES string of the molecule is Cc1ccc([C@@H]2c3ccsc3CCN2C(=O)CN(C(C)(C)C)S(=O)(=O)c2cccc3cccnc23)cc1. The molecule has 0 unspecified atom stereocenters. The van der Waals surface area contributed by atoms with E-state index < -0.39 is 15.6 Å². The van der Waals surface area contributed by atoms with E-state index in [1.807, 2.05) is 44.7 Å². The number of para-hydroxylation sites is 1. The molecular weight excluding hydrogens is 502 g/mol. The number of nitrogens with zero attached hydrogens (tertiary/aromatic N) is 3. The molecule has 1 atom stereocenters. The maximum atomic E-state index is 14.1. The molecule has 0 bridgehead atoms. The predicted octanol–water partition coefficient (Wildman–Crippen LogP) is 5.57. The van der Waals surface area contributed by atoms with Crippen molar-refractivity contribution < 1.29 is 13.2 Å². The molecule has 4 aromatic rings. The van der Waals surface area contributed by atoms with Gasteiger partial charge >= 0.3 is 0 Å². The van der Waals surface area contributed by atoms with Crippen molar-refractivity contribution in [3.8, 4) is 0 Å². The molecule has 1 aliphatic rings. The lowest BCUT2D eigenvalue weighted by Gasteiger charge is -2.40. The molecule has 0 aliphatic carbocycles. The Balaban J connectivity index is 1.53. The maximum Gasteiger partial charge on any atom is 0.246 e. The van der Waals surface area contributed by atoms with Gasteiger partial charge in [-0.15, -0.1) is 11.3 Å². The zero-order chi connectivity index (χ0) is 26.4. The standard InChI is InChI=1S/C29H31N3O3S2/c1-20-10-12-22(13-11-20)28-23-15-18-36-24(23)14-17-31(28)26(33)19-32(29(2,3)4)37(34,35)25-9-5-7-21-8-6-16-30-27(21)25/h5-13,15-16,18,28H,14,17,19H2,1-4H3/t28-/m1/s1. The lowest BCUT2D eigenvalue weighted by atomic mass is 9.92. The van der Waals surface area contributed by atoms with E-state index in [1.165, 1.54) is 9.18 Å². The molecule has 1 amide bonds. The average molecular weight is 534 g/mol. The van der Waals surface area contributed by atoms with Crippen LogP contribution in [0.25, 0.3) is 10.9 Å². The third kappa shape index (κ3) is 4.81. The number of thiophene rings is 1. The summed E-state index contributed by atoms with van der Waals surface area (Å²) in [5.41, 5.74) is 2.88. The summed E-state index contributed by atoms with van der Waals surface area (Å²) in [5.74, 6) is -0.214. The number of rotatable bonds is 5. The van der Waals surface area contributed by atoms with Gasteiger partial charge in [-0.1, -0.05) is 48.0 Å². The number of carbonyl (C=O) groups is 1. The number of benzene rings is 2. The van der Waals surface area contributed by atoms with E-state index in [-0.39, 0.29) is 23.4 Å². The molecule has 3 heterocycles. The summed E-state index contributed by atoms with van der Waals surface area (Å²) in [7, 11) is -4.03. The van der Waals surface area contributed by atoms with E-state index in [1.54, 1.807) is 35.7 Å². The topological polar surface area (TPSA) is 70.6 Å². The highest BCUT2D eigenvalue weighted by molar-refractivity contribution is 7.89. The first-order valence-electron chi connectivity index (χ1n) is 12.4. The third-order valence-corrected chi connectivity index (χ3v) is 10.0. The Morgan fingerprint density at radius 3 is 2.54 bits per heavy atom. The minimum absolute atomic E-state index is 0.113. The molecule has 1 aliphatic heterocycles. The van der Waals surface area contributed by atoms with Gasteiger partial charge in [-0.25, -0.2) is 8.42 Å². The zero-order valence-electron chi connectivity index (χ0n) is 21.5. The molecule has 0 fully saturated rings. The Kier molecular flexibility index (Phi) is 6.68. The summed E-state index contributed by atoms with van der Waals surface area (Å²) in [4.78, 5) is 21.6. The summed E-state index contributed by atoms with van der Waals surface area (Å²) in [5, 5.41) is 2.81. The van der Waals surface area contributed by atoms with Crippen LogP contribution in [-0.4, -0.2) is 47.1 Å². The minimum Gasteiger partial charge on any atom is -0.330 e. The van der Waals surface area contributed by atoms with Crippen LogP contribution in [0, 0.1) is 6.92 Å². The summed E-state index contributed by atoms with van der Waals surface area (Å²) in [6.45, 7) is 7.79. The first-order chi connectivity index (χ1) is 17.6. The molecule has 0 saturated heterocycles. The second kappa shape index (κ2) is 9.67. The second-order valence-electron chi connectivity index (χ2n) is 10.5. The Morgan fingerprint density at radius 1 is 1.08 bits per heavy atom. The lowest BCUT2D eigenvalue weighted by molar-refractivity contribution is -0.134. The van der Waals surface area contributed by atoms with Crippen molar-refractivity contribution in [2.75, 3.05) is 13.1 Å². The quantitative estimate of drug-likeness (QED) is 0.336. The highest BCUT2D eigenvalue weighted by Gasteiger charge is 2.40. The third-order valence-electron chi connectivity index (χ3n) is 6.87. The van der Waals surface area contributed by atoms with Crippen LogP contribution in [-0.2, 0) is 21.2 Å². The van der Waals surface area contributed by atoms with Gasteiger partial charge < -0.3 is 4.90 Å². The minimum atomic E-state index is -4.03. The van der Waals surface area contributed by atoms with Gasteiger partial charge in [0.15, 0.2) is 0 Å². The van der Waals surface area contributed by atoms with Crippen molar-refractivity contribution in [1.82, 2.24) is 14.2 Å². The van der Waals surface area contributed by atoms with Gasteiger partial charge in [-0.05, 0) is 68.8 Å². The van der Waals surface area contributed by atoms with Crippen molar-refractivity contribution in [3.05, 3.63) is 93.8 Å². The molecule has 37 heavy (non-hydrogen) atoms. The smallest absolute Gasteiger partial charge is 0.246 e. The van der Waals surface area contributed by atoms with Gasteiger partial charge in [0.25, 0.3) is 0 Å². The average Bonchev–Trinajstić information content (AvgIpc) is 3.35. The lowest BCUT2D eigenvalue weighted by Crippen LogP contribution is -2.52. The van der Waals surface area contributed by atoms with Crippen LogP contribution in [0.15, 0.2) is 77.1 Å². The summed E-state index contributed by atoms with van der Waals surface area (Å²) in [6.07, 6.45) is 2.35. The van der Waals surface area contributed by atoms with E-state index in [4.69, 9.17) is 0 Å². The Hall–Kier alpha value is -3.07. The van der Waals surface area contributed by atoms with Gasteiger partial charge in [0.1, 0.15) is 4.90 Å². The molecule has 2 aromatic heterocycles. The van der Waals surface area contributed by atoms with Gasteiger partial charge in [-0.3, -0.25) is 9.78 Å². The summed E-state index contributed by atoms with van der Waals surface area (Å²) in [6, 6.07) is 18.8. The first-order valence-corrected chi connectivity index (χ1v) is 14.7.